The summed E-state index contributed by atoms with van der Waals surface area (Å²) in [7, 11) is 0. The highest BCUT2D eigenvalue weighted by Crippen LogP contribution is 2.34. The Bertz CT molecular complexity index is 622. The van der Waals surface area contributed by atoms with Crippen molar-refractivity contribution < 1.29 is 13.5 Å². The van der Waals surface area contributed by atoms with Crippen molar-refractivity contribution in [3.63, 3.8) is 0 Å². The average Bonchev–Trinajstić information content (AvgIpc) is 2.38. The molecule has 100 valence electrons. The van der Waals surface area contributed by atoms with Gasteiger partial charge < -0.3 is 10.5 Å². The fourth-order valence-corrected chi connectivity index (χ4v) is 2.18. The topological polar surface area (TPSA) is 35.2 Å². The Morgan fingerprint density at radius 3 is 2.47 bits per heavy atom. The van der Waals surface area contributed by atoms with Crippen LogP contribution in [0.15, 0.2) is 34.8 Å². The van der Waals surface area contributed by atoms with Gasteiger partial charge in [-0.2, -0.15) is 0 Å². The van der Waals surface area contributed by atoms with Gasteiger partial charge in [0.05, 0.1) is 9.50 Å². The molecule has 0 spiro atoms. The molecule has 2 aromatic rings. The van der Waals surface area contributed by atoms with Crippen molar-refractivity contribution in [2.24, 2.45) is 5.73 Å². The number of hydrogen-bond donors (Lipinski definition) is 1. The summed E-state index contributed by atoms with van der Waals surface area (Å²) in [6.45, 7) is 0.203. The van der Waals surface area contributed by atoms with Gasteiger partial charge in [0.1, 0.15) is 11.6 Å². The molecule has 2 rings (SSSR count). The van der Waals surface area contributed by atoms with Gasteiger partial charge in [0, 0.05) is 6.54 Å². The zero-order valence-corrected chi connectivity index (χ0v) is 11.9. The molecule has 2 aromatic carbocycles. The van der Waals surface area contributed by atoms with Crippen molar-refractivity contribution in [1.29, 1.82) is 0 Å². The minimum Gasteiger partial charge on any atom is -0.453 e. The van der Waals surface area contributed by atoms with E-state index in [4.69, 9.17) is 22.1 Å². The minimum atomic E-state index is -0.580. The number of nitrogens with two attached hydrogens (primary N) is 1. The van der Waals surface area contributed by atoms with Crippen molar-refractivity contribution in [1.82, 2.24) is 0 Å². The Balaban J connectivity index is 2.36. The van der Waals surface area contributed by atoms with Gasteiger partial charge in [-0.1, -0.05) is 17.7 Å². The van der Waals surface area contributed by atoms with Crippen LogP contribution < -0.4 is 10.5 Å². The van der Waals surface area contributed by atoms with Gasteiger partial charge in [-0.05, 0) is 45.8 Å². The third kappa shape index (κ3) is 3.05. The predicted molar refractivity (Wildman–Crippen MR) is 73.5 cm³/mol. The average molecular weight is 349 g/mol. The Morgan fingerprint density at radius 1 is 1.16 bits per heavy atom. The van der Waals surface area contributed by atoms with Crippen LogP contribution in [0.2, 0.25) is 5.02 Å². The molecule has 0 aliphatic carbocycles. The van der Waals surface area contributed by atoms with Gasteiger partial charge in [-0.15, -0.1) is 0 Å². The Labute approximate surface area is 122 Å². The largest absolute Gasteiger partial charge is 0.453 e. The van der Waals surface area contributed by atoms with Crippen LogP contribution in [0, 0.1) is 11.6 Å². The molecule has 0 aromatic heterocycles. The maximum Gasteiger partial charge on any atom is 0.180 e. The summed E-state index contributed by atoms with van der Waals surface area (Å²) in [5, 5.41) is 0.0680. The third-order valence-electron chi connectivity index (χ3n) is 2.46. The normalized spacial score (nSPS) is 10.6. The second kappa shape index (κ2) is 5.86. The number of benzene rings is 2. The first kappa shape index (κ1) is 14.2. The van der Waals surface area contributed by atoms with Crippen molar-refractivity contribution >= 4 is 27.5 Å². The molecule has 2 N–H and O–H groups in total. The molecule has 0 atom stereocenters. The summed E-state index contributed by atoms with van der Waals surface area (Å²) in [5.74, 6) is -0.909. The zero-order chi connectivity index (χ0) is 14.0. The lowest BCUT2D eigenvalue weighted by atomic mass is 10.2. The van der Waals surface area contributed by atoms with E-state index in [1.807, 2.05) is 0 Å². The fraction of sp³-hybridized carbons (Fsp3) is 0.0769. The molecular formula is C13H9BrClF2NO. The van der Waals surface area contributed by atoms with Gasteiger partial charge in [0.2, 0.25) is 0 Å². The number of halogens is 4. The van der Waals surface area contributed by atoms with E-state index in [0.29, 0.717) is 5.56 Å². The molecule has 0 unspecified atom stereocenters. The van der Waals surface area contributed by atoms with Crippen LogP contribution >= 0.6 is 27.5 Å². The molecule has 0 bridgehead atoms. The maximum atomic E-state index is 14.0. The zero-order valence-electron chi connectivity index (χ0n) is 9.59. The van der Waals surface area contributed by atoms with Gasteiger partial charge in [0.25, 0.3) is 0 Å². The molecule has 0 heterocycles. The SMILES string of the molecule is NCc1ccc(Oc2ccc(F)cc2Cl)c(F)c1Br. The lowest BCUT2D eigenvalue weighted by Gasteiger charge is -2.11. The first-order valence-corrected chi connectivity index (χ1v) is 6.50. The highest BCUT2D eigenvalue weighted by Gasteiger charge is 2.13. The van der Waals surface area contributed by atoms with E-state index < -0.39 is 11.6 Å². The first-order chi connectivity index (χ1) is 9.02. The van der Waals surface area contributed by atoms with Gasteiger partial charge in [-0.25, -0.2) is 8.78 Å². The fourth-order valence-electron chi connectivity index (χ4n) is 1.48. The Hall–Kier alpha value is -1.17. The quantitative estimate of drug-likeness (QED) is 0.877. The molecule has 2 nitrogen and oxygen atoms in total. The molecule has 19 heavy (non-hydrogen) atoms. The van der Waals surface area contributed by atoms with Crippen molar-refractivity contribution in [3.8, 4) is 11.5 Å². The van der Waals surface area contributed by atoms with E-state index in [0.717, 1.165) is 6.07 Å². The predicted octanol–water partition coefficient (Wildman–Crippen LogP) is 4.63. The highest BCUT2D eigenvalue weighted by atomic mass is 79.9. The van der Waals surface area contributed by atoms with Gasteiger partial charge in [0.15, 0.2) is 11.6 Å². The summed E-state index contributed by atoms with van der Waals surface area (Å²) in [6, 6.07) is 6.70. The molecular weight excluding hydrogens is 340 g/mol. The number of ether oxygens (including phenoxy) is 1. The summed E-state index contributed by atoms with van der Waals surface area (Å²) >= 11 is 8.92. The molecule has 0 aliphatic rings. The molecule has 0 aliphatic heterocycles. The number of hydrogen-bond acceptors (Lipinski definition) is 2. The van der Waals surface area contributed by atoms with Crippen LogP contribution in [0.5, 0.6) is 11.5 Å². The second-order valence-electron chi connectivity index (χ2n) is 3.73. The molecule has 0 saturated carbocycles. The lowest BCUT2D eigenvalue weighted by molar-refractivity contribution is 0.439. The highest BCUT2D eigenvalue weighted by molar-refractivity contribution is 9.10. The Morgan fingerprint density at radius 2 is 1.84 bits per heavy atom. The van der Waals surface area contributed by atoms with Crippen molar-refractivity contribution in [2.75, 3.05) is 0 Å². The standard InChI is InChI=1S/C13H9BrClF2NO/c14-12-7(6-18)1-3-11(13(12)17)19-10-4-2-8(16)5-9(10)15/h1-5H,6,18H2. The number of rotatable bonds is 3. The Kier molecular flexibility index (Phi) is 4.39. The van der Waals surface area contributed by atoms with Crippen molar-refractivity contribution in [2.45, 2.75) is 6.54 Å². The van der Waals surface area contributed by atoms with E-state index in [9.17, 15) is 8.78 Å². The van der Waals surface area contributed by atoms with Crippen molar-refractivity contribution in [3.05, 3.63) is 57.0 Å². The maximum absolute atomic E-state index is 14.0. The summed E-state index contributed by atoms with van der Waals surface area (Å²) in [6.07, 6.45) is 0. The molecule has 0 fully saturated rings. The van der Waals surface area contributed by atoms with E-state index in [2.05, 4.69) is 15.9 Å². The van der Waals surface area contributed by atoms with Crippen LogP contribution in [-0.2, 0) is 6.54 Å². The van der Waals surface area contributed by atoms with Crippen LogP contribution in [0.1, 0.15) is 5.56 Å². The minimum absolute atomic E-state index is 0.0161. The van der Waals surface area contributed by atoms with Crippen LogP contribution in [-0.4, -0.2) is 0 Å². The first-order valence-electron chi connectivity index (χ1n) is 5.32. The summed E-state index contributed by atoms with van der Waals surface area (Å²) < 4.78 is 32.5. The molecule has 0 amide bonds. The van der Waals surface area contributed by atoms with Crippen LogP contribution in [0.25, 0.3) is 0 Å². The lowest BCUT2D eigenvalue weighted by Crippen LogP contribution is -2.00. The third-order valence-corrected chi connectivity index (χ3v) is 3.61. The van der Waals surface area contributed by atoms with E-state index in [1.54, 1.807) is 6.07 Å². The monoisotopic (exact) mass is 347 g/mol. The summed E-state index contributed by atoms with van der Waals surface area (Å²) in [5.41, 5.74) is 6.08. The second-order valence-corrected chi connectivity index (χ2v) is 4.93. The van der Waals surface area contributed by atoms with E-state index in [-0.39, 0.29) is 27.5 Å². The molecule has 6 heteroatoms. The van der Waals surface area contributed by atoms with E-state index in [1.165, 1.54) is 18.2 Å². The van der Waals surface area contributed by atoms with E-state index >= 15 is 0 Å². The van der Waals surface area contributed by atoms with Gasteiger partial charge >= 0.3 is 0 Å². The van der Waals surface area contributed by atoms with Gasteiger partial charge in [-0.3, -0.25) is 0 Å². The molecule has 0 saturated heterocycles. The van der Waals surface area contributed by atoms with Crippen LogP contribution in [0.4, 0.5) is 8.78 Å². The molecule has 0 radical (unpaired) electrons. The van der Waals surface area contributed by atoms with Crippen LogP contribution in [0.3, 0.4) is 0 Å². The summed E-state index contributed by atoms with van der Waals surface area (Å²) in [4.78, 5) is 0. The smallest absolute Gasteiger partial charge is 0.180 e.